The molecule has 1 fully saturated rings. The van der Waals surface area contributed by atoms with Gasteiger partial charge in [-0.1, -0.05) is 24.6 Å². The first-order valence-electron chi connectivity index (χ1n) is 7.23. The van der Waals surface area contributed by atoms with Crippen molar-refractivity contribution < 1.29 is 14.3 Å². The van der Waals surface area contributed by atoms with Crippen molar-refractivity contribution in [1.82, 2.24) is 5.32 Å². The van der Waals surface area contributed by atoms with Crippen molar-refractivity contribution in [3.63, 3.8) is 0 Å². The van der Waals surface area contributed by atoms with Gasteiger partial charge >= 0.3 is 5.97 Å². The quantitative estimate of drug-likeness (QED) is 0.859. The van der Waals surface area contributed by atoms with E-state index in [1.807, 2.05) is 6.07 Å². The summed E-state index contributed by atoms with van der Waals surface area (Å²) in [6.07, 6.45) is 5.34. The molecule has 2 rings (SSSR count). The van der Waals surface area contributed by atoms with Gasteiger partial charge in [-0.25, -0.2) is 4.79 Å². The van der Waals surface area contributed by atoms with Crippen molar-refractivity contribution in [2.24, 2.45) is 0 Å². The Labute approximate surface area is 119 Å². The van der Waals surface area contributed by atoms with Crippen molar-refractivity contribution in [2.75, 3.05) is 0 Å². The molecule has 1 aliphatic carbocycles. The summed E-state index contributed by atoms with van der Waals surface area (Å²) in [7, 11) is 0. The van der Waals surface area contributed by atoms with Gasteiger partial charge in [-0.3, -0.25) is 4.79 Å². The average molecular weight is 275 g/mol. The second kappa shape index (κ2) is 7.08. The number of amides is 1. The van der Waals surface area contributed by atoms with Crippen LogP contribution in [0.1, 0.15) is 49.4 Å². The molecule has 4 nitrogen and oxygen atoms in total. The van der Waals surface area contributed by atoms with Gasteiger partial charge in [0, 0.05) is 5.56 Å². The number of rotatable bonds is 4. The maximum atomic E-state index is 11.9. The standard InChI is InChI=1S/C16H21NO3/c1-12(16(19)20-14-10-6-3-7-11-14)17-15(18)13-8-4-2-5-9-13/h2,4-5,8-9,12,14H,3,6-7,10-11H2,1H3,(H,17,18). The monoisotopic (exact) mass is 275 g/mol. The highest BCUT2D eigenvalue weighted by Crippen LogP contribution is 2.20. The second-order valence-corrected chi connectivity index (χ2v) is 5.26. The highest BCUT2D eigenvalue weighted by molar-refractivity contribution is 5.96. The Morgan fingerprint density at radius 1 is 1.15 bits per heavy atom. The van der Waals surface area contributed by atoms with Crippen LogP contribution in [0.15, 0.2) is 30.3 Å². The minimum Gasteiger partial charge on any atom is -0.461 e. The first-order chi connectivity index (χ1) is 9.66. The maximum Gasteiger partial charge on any atom is 0.328 e. The molecule has 1 amide bonds. The molecule has 0 bridgehead atoms. The average Bonchev–Trinajstić information content (AvgIpc) is 2.49. The number of benzene rings is 1. The molecule has 108 valence electrons. The third kappa shape index (κ3) is 4.08. The molecule has 0 aromatic heterocycles. The predicted octanol–water partition coefficient (Wildman–Crippen LogP) is 2.68. The Bertz CT molecular complexity index is 452. The molecule has 1 atom stereocenters. The van der Waals surface area contributed by atoms with Gasteiger partial charge in [0.15, 0.2) is 0 Å². The van der Waals surface area contributed by atoms with E-state index in [1.165, 1.54) is 6.42 Å². The van der Waals surface area contributed by atoms with E-state index in [4.69, 9.17) is 4.74 Å². The number of esters is 1. The molecule has 0 spiro atoms. The van der Waals surface area contributed by atoms with E-state index in [2.05, 4.69) is 5.32 Å². The van der Waals surface area contributed by atoms with Crippen LogP contribution in [0.5, 0.6) is 0 Å². The van der Waals surface area contributed by atoms with E-state index in [-0.39, 0.29) is 18.0 Å². The van der Waals surface area contributed by atoms with Crippen molar-refractivity contribution in [1.29, 1.82) is 0 Å². The molecular weight excluding hydrogens is 254 g/mol. The first kappa shape index (κ1) is 14.6. The molecule has 1 N–H and O–H groups in total. The van der Waals surface area contributed by atoms with Gasteiger partial charge in [-0.05, 0) is 44.7 Å². The molecular formula is C16H21NO3. The Morgan fingerprint density at radius 3 is 2.45 bits per heavy atom. The Balaban J connectivity index is 1.83. The van der Waals surface area contributed by atoms with Crippen LogP contribution < -0.4 is 5.32 Å². The van der Waals surface area contributed by atoms with Crippen LogP contribution in [0.4, 0.5) is 0 Å². The summed E-state index contributed by atoms with van der Waals surface area (Å²) >= 11 is 0. The lowest BCUT2D eigenvalue weighted by Crippen LogP contribution is -2.41. The number of hydrogen-bond acceptors (Lipinski definition) is 3. The Hall–Kier alpha value is -1.84. The largest absolute Gasteiger partial charge is 0.461 e. The van der Waals surface area contributed by atoms with Crippen LogP contribution in [-0.4, -0.2) is 24.0 Å². The molecule has 1 aliphatic rings. The van der Waals surface area contributed by atoms with Crippen molar-refractivity contribution >= 4 is 11.9 Å². The van der Waals surface area contributed by atoms with Gasteiger partial charge < -0.3 is 10.1 Å². The lowest BCUT2D eigenvalue weighted by molar-refractivity contribution is -0.152. The van der Waals surface area contributed by atoms with E-state index < -0.39 is 6.04 Å². The lowest BCUT2D eigenvalue weighted by atomic mass is 9.98. The van der Waals surface area contributed by atoms with E-state index in [0.29, 0.717) is 5.56 Å². The SMILES string of the molecule is CC(NC(=O)c1ccccc1)C(=O)OC1CCCCC1. The lowest BCUT2D eigenvalue weighted by Gasteiger charge is -2.23. The molecule has 1 aromatic rings. The van der Waals surface area contributed by atoms with E-state index in [1.54, 1.807) is 31.2 Å². The fourth-order valence-corrected chi connectivity index (χ4v) is 2.38. The zero-order valence-corrected chi connectivity index (χ0v) is 11.8. The molecule has 1 unspecified atom stereocenters. The zero-order valence-electron chi connectivity index (χ0n) is 11.8. The zero-order chi connectivity index (χ0) is 14.4. The molecule has 1 saturated carbocycles. The van der Waals surface area contributed by atoms with Crippen molar-refractivity contribution in [3.8, 4) is 0 Å². The van der Waals surface area contributed by atoms with Crippen LogP contribution >= 0.6 is 0 Å². The fourth-order valence-electron chi connectivity index (χ4n) is 2.38. The van der Waals surface area contributed by atoms with Gasteiger partial charge in [0.2, 0.25) is 0 Å². The van der Waals surface area contributed by atoms with Crippen LogP contribution in [-0.2, 0) is 9.53 Å². The van der Waals surface area contributed by atoms with Gasteiger partial charge in [0.1, 0.15) is 12.1 Å². The van der Waals surface area contributed by atoms with Crippen molar-refractivity contribution in [3.05, 3.63) is 35.9 Å². The number of nitrogens with one attached hydrogen (secondary N) is 1. The second-order valence-electron chi connectivity index (χ2n) is 5.26. The van der Waals surface area contributed by atoms with Gasteiger partial charge in [0.05, 0.1) is 0 Å². The smallest absolute Gasteiger partial charge is 0.328 e. The summed E-state index contributed by atoms with van der Waals surface area (Å²) in [4.78, 5) is 23.9. The summed E-state index contributed by atoms with van der Waals surface area (Å²) in [5.74, 6) is -0.597. The van der Waals surface area contributed by atoms with E-state index >= 15 is 0 Å². The van der Waals surface area contributed by atoms with Gasteiger partial charge in [-0.2, -0.15) is 0 Å². The molecule has 0 saturated heterocycles. The minimum absolute atomic E-state index is 0.0207. The maximum absolute atomic E-state index is 11.9. The number of carbonyl (C=O) groups is 2. The topological polar surface area (TPSA) is 55.4 Å². The van der Waals surface area contributed by atoms with E-state index in [0.717, 1.165) is 25.7 Å². The summed E-state index contributed by atoms with van der Waals surface area (Å²) in [6.45, 7) is 1.66. The van der Waals surface area contributed by atoms with Crippen LogP contribution in [0.3, 0.4) is 0 Å². The number of carbonyl (C=O) groups excluding carboxylic acids is 2. The number of ether oxygens (including phenoxy) is 1. The molecule has 0 aliphatic heterocycles. The Kier molecular flexibility index (Phi) is 5.16. The summed E-state index contributed by atoms with van der Waals surface area (Å²) in [5, 5.41) is 2.67. The Morgan fingerprint density at radius 2 is 1.80 bits per heavy atom. The first-order valence-corrected chi connectivity index (χ1v) is 7.23. The highest BCUT2D eigenvalue weighted by Gasteiger charge is 2.23. The third-order valence-electron chi connectivity index (χ3n) is 3.57. The number of hydrogen-bond donors (Lipinski definition) is 1. The van der Waals surface area contributed by atoms with Crippen LogP contribution in [0, 0.1) is 0 Å². The van der Waals surface area contributed by atoms with E-state index in [9.17, 15) is 9.59 Å². The third-order valence-corrected chi connectivity index (χ3v) is 3.57. The summed E-state index contributed by atoms with van der Waals surface area (Å²) < 4.78 is 5.44. The summed E-state index contributed by atoms with van der Waals surface area (Å²) in [6, 6.07) is 8.24. The highest BCUT2D eigenvalue weighted by atomic mass is 16.5. The molecule has 4 heteroatoms. The van der Waals surface area contributed by atoms with Crippen LogP contribution in [0.25, 0.3) is 0 Å². The predicted molar refractivity (Wildman–Crippen MR) is 76.3 cm³/mol. The van der Waals surface area contributed by atoms with Gasteiger partial charge in [-0.15, -0.1) is 0 Å². The minimum atomic E-state index is -0.621. The van der Waals surface area contributed by atoms with Crippen LogP contribution in [0.2, 0.25) is 0 Å². The normalized spacial score (nSPS) is 17.2. The molecule has 1 aromatic carbocycles. The molecule has 20 heavy (non-hydrogen) atoms. The molecule has 0 heterocycles. The molecule has 0 radical (unpaired) electrons. The van der Waals surface area contributed by atoms with Crippen molar-refractivity contribution in [2.45, 2.75) is 51.2 Å². The van der Waals surface area contributed by atoms with Gasteiger partial charge in [0.25, 0.3) is 5.91 Å². The fraction of sp³-hybridized carbons (Fsp3) is 0.500. The summed E-state index contributed by atoms with van der Waals surface area (Å²) in [5.41, 5.74) is 0.546.